The van der Waals surface area contributed by atoms with Crippen LogP contribution in [0.2, 0.25) is 0 Å². The Morgan fingerprint density at radius 3 is 2.70 bits per heavy atom. The van der Waals surface area contributed by atoms with E-state index in [1.807, 2.05) is 4.90 Å². The zero-order valence-electron chi connectivity index (χ0n) is 19.0. The molecular weight excluding hydrogens is 434 g/mol. The number of alkyl carbamates (subject to hydrolysis) is 1. The molecule has 1 aromatic carbocycles. The summed E-state index contributed by atoms with van der Waals surface area (Å²) in [5, 5.41) is 9.65. The van der Waals surface area contributed by atoms with Gasteiger partial charge in [-0.1, -0.05) is 0 Å². The number of fused-ring (bicyclic) bond motifs is 1. The highest BCUT2D eigenvalue weighted by atomic mass is 19.1. The normalized spacial score (nSPS) is 23.5. The van der Waals surface area contributed by atoms with Gasteiger partial charge < -0.3 is 20.7 Å². The monoisotopic (exact) mass is 462 g/mol. The maximum atomic E-state index is 14.7. The van der Waals surface area contributed by atoms with Gasteiger partial charge in [0.1, 0.15) is 23.1 Å². The number of carbonyl (C=O) groups is 2. The molecule has 0 saturated carbocycles. The summed E-state index contributed by atoms with van der Waals surface area (Å²) in [6.45, 7) is 6.03. The van der Waals surface area contributed by atoms with E-state index < -0.39 is 41.5 Å². The largest absolute Gasteiger partial charge is 0.444 e. The minimum Gasteiger partial charge on any atom is -0.444 e. The number of anilines is 1. The van der Waals surface area contributed by atoms with E-state index in [0.717, 1.165) is 29.5 Å². The standard InChI is InChI=1S/C22H28F2N6O3/c1-22(2,3)33-21(32)26-15-8-17(30-9-13-16(10-30)27-28-19(13)25)20(31)29(4)18(15)12-7-11(23)5-6-14(12)24/h5-7,15,17-18H,8-10H2,1-4H3,(H,26,32)(H3,25,27,28)/t15-,17+,18+/m0/s1. The number of halogens is 2. The molecule has 0 unspecified atom stereocenters. The summed E-state index contributed by atoms with van der Waals surface area (Å²) in [5.74, 6) is -1.17. The zero-order valence-corrected chi connectivity index (χ0v) is 19.0. The lowest BCUT2D eigenvalue weighted by molar-refractivity contribution is -0.144. The quantitative estimate of drug-likeness (QED) is 0.645. The smallest absolute Gasteiger partial charge is 0.407 e. The highest BCUT2D eigenvalue weighted by Crippen LogP contribution is 2.37. The van der Waals surface area contributed by atoms with Crippen molar-refractivity contribution in [3.63, 3.8) is 0 Å². The fourth-order valence-electron chi connectivity index (χ4n) is 4.59. The SMILES string of the molecule is CN1C(=O)[C@H](N2Cc3[nH]nc(N)c3C2)C[C@H](NC(=O)OC(C)(C)C)[C@H]1c1cc(F)ccc1F. The number of rotatable bonds is 3. The summed E-state index contributed by atoms with van der Waals surface area (Å²) in [7, 11) is 1.53. The first-order valence-corrected chi connectivity index (χ1v) is 10.7. The number of nitrogens with two attached hydrogens (primary N) is 1. The Bertz CT molecular complexity index is 1080. The van der Waals surface area contributed by atoms with Crippen molar-refractivity contribution in [2.45, 2.75) is 64.0 Å². The predicted molar refractivity (Wildman–Crippen MR) is 116 cm³/mol. The van der Waals surface area contributed by atoms with E-state index in [4.69, 9.17) is 10.5 Å². The van der Waals surface area contributed by atoms with Crippen molar-refractivity contribution >= 4 is 17.8 Å². The van der Waals surface area contributed by atoms with Gasteiger partial charge in [0.15, 0.2) is 0 Å². The van der Waals surface area contributed by atoms with Crippen LogP contribution in [-0.4, -0.2) is 56.7 Å². The molecule has 2 amide bonds. The van der Waals surface area contributed by atoms with Crippen LogP contribution >= 0.6 is 0 Å². The first kappa shape index (κ1) is 23.0. The van der Waals surface area contributed by atoms with Crippen molar-refractivity contribution in [3.8, 4) is 0 Å². The number of nitrogen functional groups attached to an aromatic ring is 1. The molecule has 0 spiro atoms. The molecule has 11 heteroatoms. The summed E-state index contributed by atoms with van der Waals surface area (Å²) in [6.07, 6.45) is -0.517. The minimum absolute atomic E-state index is 0.00885. The third kappa shape index (κ3) is 4.50. The Kier molecular flexibility index (Phi) is 5.77. The highest BCUT2D eigenvalue weighted by molar-refractivity contribution is 5.84. The van der Waals surface area contributed by atoms with E-state index in [1.54, 1.807) is 20.8 Å². The Hall–Kier alpha value is -3.21. The summed E-state index contributed by atoms with van der Waals surface area (Å²) < 4.78 is 34.1. The molecule has 4 N–H and O–H groups in total. The van der Waals surface area contributed by atoms with Gasteiger partial charge in [-0.3, -0.25) is 14.8 Å². The number of nitrogens with one attached hydrogen (secondary N) is 2. The molecule has 4 rings (SSSR count). The van der Waals surface area contributed by atoms with E-state index in [1.165, 1.54) is 11.9 Å². The van der Waals surface area contributed by atoms with Gasteiger partial charge in [0.05, 0.1) is 23.8 Å². The molecule has 1 saturated heterocycles. The van der Waals surface area contributed by atoms with Gasteiger partial charge >= 0.3 is 6.09 Å². The number of amides is 2. The average molecular weight is 463 g/mol. The second-order valence-corrected chi connectivity index (χ2v) is 9.53. The Morgan fingerprint density at radius 2 is 2.03 bits per heavy atom. The fraction of sp³-hybridized carbons (Fsp3) is 0.500. The van der Waals surface area contributed by atoms with Gasteiger partial charge in [-0.05, 0) is 45.4 Å². The maximum absolute atomic E-state index is 14.7. The van der Waals surface area contributed by atoms with Gasteiger partial charge in [0.25, 0.3) is 0 Å². The van der Waals surface area contributed by atoms with Crippen molar-refractivity contribution in [2.75, 3.05) is 12.8 Å². The van der Waals surface area contributed by atoms with Crippen LogP contribution in [0.15, 0.2) is 18.2 Å². The van der Waals surface area contributed by atoms with Crippen LogP contribution in [0.1, 0.15) is 50.1 Å². The van der Waals surface area contributed by atoms with Crippen molar-refractivity contribution in [3.05, 3.63) is 46.7 Å². The number of benzene rings is 1. The van der Waals surface area contributed by atoms with Crippen LogP contribution < -0.4 is 11.1 Å². The number of likely N-dealkylation sites (N-methyl/N-ethyl adjacent to an activating group) is 1. The first-order chi connectivity index (χ1) is 15.4. The summed E-state index contributed by atoms with van der Waals surface area (Å²) in [6, 6.07) is 0.841. The van der Waals surface area contributed by atoms with Crippen LogP contribution in [0.4, 0.5) is 19.4 Å². The number of carbonyl (C=O) groups excluding carboxylic acids is 2. The third-order valence-electron chi connectivity index (χ3n) is 6.04. The Balaban J connectivity index is 1.65. The average Bonchev–Trinajstić information content (AvgIpc) is 3.27. The number of nitrogens with zero attached hydrogens (tertiary/aromatic N) is 3. The third-order valence-corrected chi connectivity index (χ3v) is 6.04. The topological polar surface area (TPSA) is 117 Å². The molecule has 1 aromatic heterocycles. The van der Waals surface area contributed by atoms with E-state index in [-0.39, 0.29) is 17.9 Å². The molecule has 1 fully saturated rings. The summed E-state index contributed by atoms with van der Waals surface area (Å²) >= 11 is 0. The van der Waals surface area contributed by atoms with Crippen LogP contribution in [-0.2, 0) is 22.6 Å². The molecule has 0 radical (unpaired) electrons. The number of aromatic nitrogens is 2. The molecule has 3 heterocycles. The number of piperidine rings is 1. The van der Waals surface area contributed by atoms with Crippen molar-refractivity contribution in [1.29, 1.82) is 0 Å². The molecule has 3 atom stereocenters. The fourth-order valence-corrected chi connectivity index (χ4v) is 4.59. The molecule has 2 aromatic rings. The van der Waals surface area contributed by atoms with Crippen molar-refractivity contribution < 1.29 is 23.1 Å². The van der Waals surface area contributed by atoms with Gasteiger partial charge in [0, 0.05) is 31.3 Å². The molecule has 2 aliphatic heterocycles. The Morgan fingerprint density at radius 1 is 1.30 bits per heavy atom. The van der Waals surface area contributed by atoms with E-state index in [9.17, 15) is 18.4 Å². The van der Waals surface area contributed by atoms with E-state index in [2.05, 4.69) is 15.5 Å². The number of hydrogen-bond acceptors (Lipinski definition) is 6. The van der Waals surface area contributed by atoms with Crippen LogP contribution in [0.5, 0.6) is 0 Å². The molecule has 9 nitrogen and oxygen atoms in total. The van der Waals surface area contributed by atoms with Crippen molar-refractivity contribution in [1.82, 2.24) is 25.3 Å². The van der Waals surface area contributed by atoms with Crippen LogP contribution in [0, 0.1) is 11.6 Å². The molecular formula is C22H28F2N6O3. The molecule has 33 heavy (non-hydrogen) atoms. The number of ether oxygens (including phenoxy) is 1. The van der Waals surface area contributed by atoms with Gasteiger partial charge in [-0.25, -0.2) is 13.6 Å². The predicted octanol–water partition coefficient (Wildman–Crippen LogP) is 2.45. The Labute approximate surface area is 190 Å². The number of hydrogen-bond donors (Lipinski definition) is 3. The molecule has 178 valence electrons. The number of aromatic amines is 1. The van der Waals surface area contributed by atoms with Gasteiger partial charge in [0.2, 0.25) is 5.91 Å². The van der Waals surface area contributed by atoms with Crippen molar-refractivity contribution in [2.24, 2.45) is 0 Å². The van der Waals surface area contributed by atoms with E-state index in [0.29, 0.717) is 18.9 Å². The number of H-pyrrole nitrogens is 1. The number of likely N-dealkylation sites (tertiary alicyclic amines) is 1. The molecule has 0 aliphatic carbocycles. The second kappa shape index (κ2) is 8.29. The maximum Gasteiger partial charge on any atom is 0.407 e. The second-order valence-electron chi connectivity index (χ2n) is 9.53. The molecule has 0 bridgehead atoms. The zero-order chi connectivity index (χ0) is 24.1. The summed E-state index contributed by atoms with van der Waals surface area (Å²) in [5.41, 5.74) is 6.82. The lowest BCUT2D eigenvalue weighted by Gasteiger charge is -2.45. The summed E-state index contributed by atoms with van der Waals surface area (Å²) in [4.78, 5) is 29.3. The van der Waals surface area contributed by atoms with Gasteiger partial charge in [-0.2, -0.15) is 5.10 Å². The first-order valence-electron chi connectivity index (χ1n) is 10.7. The van der Waals surface area contributed by atoms with E-state index >= 15 is 0 Å². The van der Waals surface area contributed by atoms with Crippen LogP contribution in [0.25, 0.3) is 0 Å². The minimum atomic E-state index is -0.913. The lowest BCUT2D eigenvalue weighted by atomic mass is 9.87. The van der Waals surface area contributed by atoms with Crippen LogP contribution in [0.3, 0.4) is 0 Å². The lowest BCUT2D eigenvalue weighted by Crippen LogP contribution is -2.60. The molecule has 2 aliphatic rings. The van der Waals surface area contributed by atoms with Gasteiger partial charge in [-0.15, -0.1) is 0 Å². The highest BCUT2D eigenvalue weighted by Gasteiger charge is 2.46.